The van der Waals surface area contributed by atoms with Crippen molar-refractivity contribution in [2.75, 3.05) is 26.9 Å². The molecule has 0 spiro atoms. The van der Waals surface area contributed by atoms with Crippen LogP contribution in [-0.4, -0.2) is 44.0 Å². The Labute approximate surface area is 363 Å². The van der Waals surface area contributed by atoms with Gasteiger partial charge in [0.05, 0.1) is 33.0 Å². The molecule has 0 fully saturated rings. The summed E-state index contributed by atoms with van der Waals surface area (Å²) in [5.41, 5.74) is 8.27. The standard InChI is InChI=1S/C53H49N3O6/c1-38-16-18-42(19-17-38)53(2,43-20-22-44(57)23-21-43)27-24-51(58)62-32-11-31-61-33-30-56-28-25-39(26-29-56)34-50(55-3)48-36-45(40-12-7-5-8-13-40)47(49(37-54)52(59)60-4)35-46(48)41-14-9-6-10-15-41/h5-10,12-23,25-26,28-29,34-36,49H,11,24,27,30-33H2,1-2,4H3/p+1/b50-34-. The molecule has 6 aromatic rings. The Hall–Kier alpha value is -7.33. The van der Waals surface area contributed by atoms with Crippen LogP contribution in [0, 0.1) is 24.8 Å². The van der Waals surface area contributed by atoms with Crippen molar-refractivity contribution >= 4 is 23.7 Å². The van der Waals surface area contributed by atoms with Gasteiger partial charge in [-0.3, -0.25) is 9.59 Å². The highest BCUT2D eigenvalue weighted by atomic mass is 16.5. The van der Waals surface area contributed by atoms with E-state index >= 15 is 0 Å². The highest BCUT2D eigenvalue weighted by Crippen LogP contribution is 2.40. The van der Waals surface area contributed by atoms with E-state index in [1.807, 2.05) is 127 Å². The minimum absolute atomic E-state index is 0.200. The number of ether oxygens (including phenoxy) is 3. The van der Waals surface area contributed by atoms with E-state index in [4.69, 9.17) is 20.8 Å². The molecule has 5 aromatic carbocycles. The summed E-state index contributed by atoms with van der Waals surface area (Å²) in [6.07, 6.45) is 7.09. The van der Waals surface area contributed by atoms with Crippen molar-refractivity contribution in [1.29, 1.82) is 5.26 Å². The van der Waals surface area contributed by atoms with Gasteiger partial charge in [0.1, 0.15) is 12.4 Å². The topological polar surface area (TPSA) is 114 Å². The van der Waals surface area contributed by atoms with Crippen LogP contribution in [0.5, 0.6) is 5.75 Å². The van der Waals surface area contributed by atoms with Crippen LogP contribution in [-0.2, 0) is 35.8 Å². The lowest BCUT2D eigenvalue weighted by molar-refractivity contribution is -0.698. The molecule has 2 atom stereocenters. The van der Waals surface area contributed by atoms with Crippen LogP contribution in [0.2, 0.25) is 0 Å². The van der Waals surface area contributed by atoms with Crippen LogP contribution in [0.15, 0.2) is 146 Å². The number of hydrogen-bond acceptors (Lipinski definition) is 7. The second kappa shape index (κ2) is 21.3. The van der Waals surface area contributed by atoms with Crippen molar-refractivity contribution in [3.8, 4) is 34.1 Å². The number of aromatic hydroxyl groups is 1. The number of nitrogens with zero attached hydrogens (tertiary/aromatic N) is 3. The van der Waals surface area contributed by atoms with Crippen LogP contribution >= 0.6 is 0 Å². The van der Waals surface area contributed by atoms with E-state index in [2.05, 4.69) is 42.1 Å². The molecule has 6 rings (SSSR count). The number of phenols is 1. The first kappa shape index (κ1) is 44.2. The van der Waals surface area contributed by atoms with Gasteiger partial charge in [-0.2, -0.15) is 5.26 Å². The number of pyridine rings is 1. The SMILES string of the molecule is [C-]#[N+]/C(=C\c1cc[n+](CCOCCCOC(=O)CCC(C)(c2ccc(C)cc2)c2ccc(O)cc2)cc1)c1cc(-c2ccccc2)c(C(C#N)C(=O)OC)cc1-c1ccccc1. The highest BCUT2D eigenvalue weighted by molar-refractivity contribution is 5.96. The molecular weight excluding hydrogens is 775 g/mol. The number of hydrogen-bond donors (Lipinski definition) is 1. The van der Waals surface area contributed by atoms with Gasteiger partial charge in [0.2, 0.25) is 0 Å². The molecular formula is C53H50N3O6+. The fourth-order valence-electron chi connectivity index (χ4n) is 7.45. The number of carbonyl (C=O) groups excluding carboxylic acids is 2. The molecule has 0 radical (unpaired) electrons. The lowest BCUT2D eigenvalue weighted by atomic mass is 9.73. The Morgan fingerprint density at radius 2 is 1.45 bits per heavy atom. The average molecular weight is 825 g/mol. The predicted octanol–water partition coefficient (Wildman–Crippen LogP) is 10.3. The molecule has 0 aliphatic carbocycles. The third-order valence-corrected chi connectivity index (χ3v) is 11.1. The maximum absolute atomic E-state index is 12.9. The van der Waals surface area contributed by atoms with Gasteiger partial charge in [0.15, 0.2) is 30.6 Å². The highest BCUT2D eigenvalue weighted by Gasteiger charge is 2.30. The molecule has 0 saturated carbocycles. The summed E-state index contributed by atoms with van der Waals surface area (Å²) in [6, 6.07) is 44.3. The monoisotopic (exact) mass is 824 g/mol. The summed E-state index contributed by atoms with van der Waals surface area (Å²) in [5, 5.41) is 20.0. The van der Waals surface area contributed by atoms with Gasteiger partial charge in [-0.15, -0.1) is 0 Å². The number of benzene rings is 5. The minimum atomic E-state index is -1.17. The summed E-state index contributed by atoms with van der Waals surface area (Å²) in [4.78, 5) is 29.7. The van der Waals surface area contributed by atoms with Crippen LogP contribution in [0.4, 0.5) is 0 Å². The van der Waals surface area contributed by atoms with Crippen LogP contribution in [0.25, 0.3) is 38.9 Å². The number of esters is 2. The van der Waals surface area contributed by atoms with Gasteiger partial charge < -0.3 is 19.3 Å². The Bertz CT molecular complexity index is 2510. The third kappa shape index (κ3) is 11.1. The van der Waals surface area contributed by atoms with Crippen molar-refractivity contribution < 1.29 is 33.5 Å². The van der Waals surface area contributed by atoms with Gasteiger partial charge in [-0.05, 0) is 87.7 Å². The number of methoxy groups -OCH3 is 1. The Morgan fingerprint density at radius 1 is 0.839 bits per heavy atom. The minimum Gasteiger partial charge on any atom is -0.508 e. The second-order valence-electron chi connectivity index (χ2n) is 15.2. The molecule has 0 aliphatic heterocycles. The number of phenolic OH excluding ortho intramolecular Hbond substituents is 1. The molecule has 1 N–H and O–H groups in total. The zero-order valence-electron chi connectivity index (χ0n) is 35.3. The summed E-state index contributed by atoms with van der Waals surface area (Å²) in [7, 11) is 1.27. The summed E-state index contributed by atoms with van der Waals surface area (Å²) in [5.74, 6) is -1.88. The Balaban J connectivity index is 1.06. The van der Waals surface area contributed by atoms with Crippen molar-refractivity contribution in [3.05, 3.63) is 191 Å². The number of aromatic nitrogens is 1. The Morgan fingerprint density at radius 3 is 2.05 bits per heavy atom. The molecule has 0 saturated heterocycles. The molecule has 0 bridgehead atoms. The van der Waals surface area contributed by atoms with Gasteiger partial charge >= 0.3 is 11.9 Å². The smallest absolute Gasteiger partial charge is 0.327 e. The first-order valence-corrected chi connectivity index (χ1v) is 20.6. The Kier molecular flexibility index (Phi) is 15.2. The number of nitriles is 1. The van der Waals surface area contributed by atoms with Crippen LogP contribution in [0.1, 0.15) is 65.5 Å². The molecule has 9 nitrogen and oxygen atoms in total. The van der Waals surface area contributed by atoms with Crippen LogP contribution < -0.4 is 4.57 Å². The van der Waals surface area contributed by atoms with E-state index in [9.17, 15) is 20.0 Å². The van der Waals surface area contributed by atoms with Gasteiger partial charge in [-0.1, -0.05) is 116 Å². The van der Waals surface area contributed by atoms with Crippen molar-refractivity contribution in [2.24, 2.45) is 0 Å². The molecule has 312 valence electrons. The van der Waals surface area contributed by atoms with Gasteiger partial charge in [0.25, 0.3) is 0 Å². The van der Waals surface area contributed by atoms with E-state index in [-0.39, 0.29) is 24.7 Å². The van der Waals surface area contributed by atoms with E-state index in [1.54, 1.807) is 12.1 Å². The van der Waals surface area contributed by atoms with Crippen molar-refractivity contribution in [3.63, 3.8) is 0 Å². The van der Waals surface area contributed by atoms with Crippen LogP contribution in [0.3, 0.4) is 0 Å². The third-order valence-electron chi connectivity index (χ3n) is 11.1. The molecule has 9 heteroatoms. The molecule has 0 amide bonds. The van der Waals surface area contributed by atoms with Gasteiger partial charge in [0, 0.05) is 30.4 Å². The van der Waals surface area contributed by atoms with E-state index in [1.165, 1.54) is 7.11 Å². The molecule has 1 aromatic heterocycles. The first-order valence-electron chi connectivity index (χ1n) is 20.6. The maximum atomic E-state index is 12.9. The van der Waals surface area contributed by atoms with E-state index in [0.717, 1.165) is 38.9 Å². The van der Waals surface area contributed by atoms with E-state index < -0.39 is 17.3 Å². The number of carbonyl (C=O) groups is 2. The molecule has 2 unspecified atom stereocenters. The lowest BCUT2D eigenvalue weighted by Gasteiger charge is -2.31. The number of rotatable bonds is 18. The fourth-order valence-corrected chi connectivity index (χ4v) is 7.45. The summed E-state index contributed by atoms with van der Waals surface area (Å²) < 4.78 is 18.5. The molecule has 62 heavy (non-hydrogen) atoms. The zero-order valence-corrected chi connectivity index (χ0v) is 35.3. The molecule has 1 heterocycles. The largest absolute Gasteiger partial charge is 0.508 e. The fraction of sp³-hybridized carbons (Fsp3) is 0.226. The lowest BCUT2D eigenvalue weighted by Crippen LogP contribution is -2.35. The van der Waals surface area contributed by atoms with Crippen molar-refractivity contribution in [1.82, 2.24) is 0 Å². The average Bonchev–Trinajstić information content (AvgIpc) is 3.31. The van der Waals surface area contributed by atoms with Gasteiger partial charge in [-0.25, -0.2) is 9.41 Å². The zero-order chi connectivity index (χ0) is 43.9. The first-order chi connectivity index (χ1) is 30.1. The molecule has 0 aliphatic rings. The maximum Gasteiger partial charge on any atom is 0.327 e. The number of aryl methyl sites for hydroxylation is 1. The quantitative estimate of drug-likeness (QED) is 0.0397. The predicted molar refractivity (Wildman–Crippen MR) is 240 cm³/mol. The summed E-state index contributed by atoms with van der Waals surface area (Å²) in [6.45, 7) is 14.2. The van der Waals surface area contributed by atoms with E-state index in [0.29, 0.717) is 55.0 Å². The second-order valence-corrected chi connectivity index (χ2v) is 15.2. The van der Waals surface area contributed by atoms with Crippen molar-refractivity contribution in [2.45, 2.75) is 51.0 Å². The summed E-state index contributed by atoms with van der Waals surface area (Å²) >= 11 is 0. The normalized spacial score (nSPS) is 12.6.